The Hall–Kier alpha value is -2.08. The molecule has 0 saturated carbocycles. The summed E-state index contributed by atoms with van der Waals surface area (Å²) in [6.45, 7) is 2.05. The number of aromatic nitrogens is 2. The van der Waals surface area contributed by atoms with Gasteiger partial charge in [-0.3, -0.25) is 0 Å². The number of rotatable bonds is 7. The highest BCUT2D eigenvalue weighted by Crippen LogP contribution is 2.31. The maximum absolute atomic E-state index is 6.11. The van der Waals surface area contributed by atoms with E-state index >= 15 is 0 Å². The summed E-state index contributed by atoms with van der Waals surface area (Å²) in [5.41, 5.74) is 0.899. The van der Waals surface area contributed by atoms with E-state index in [9.17, 15) is 0 Å². The molecule has 5 nitrogen and oxygen atoms in total. The van der Waals surface area contributed by atoms with Crippen molar-refractivity contribution in [1.29, 1.82) is 0 Å². The molecule has 0 aliphatic rings. The normalized spacial score (nSPS) is 13.4. The van der Waals surface area contributed by atoms with Crippen LogP contribution in [-0.4, -0.2) is 23.2 Å². The minimum absolute atomic E-state index is 0.242. The number of likely N-dealkylation sites (N-methyl/N-ethyl adjacent to an activating group) is 1. The van der Waals surface area contributed by atoms with Crippen LogP contribution in [0.2, 0.25) is 10.0 Å². The van der Waals surface area contributed by atoms with Crippen LogP contribution in [0.3, 0.4) is 0 Å². The van der Waals surface area contributed by atoms with Gasteiger partial charge in [0.15, 0.2) is 5.82 Å². The zero-order valence-corrected chi connectivity index (χ0v) is 16.0. The molecule has 0 saturated heterocycles. The van der Waals surface area contributed by atoms with Gasteiger partial charge < -0.3 is 14.6 Å². The van der Waals surface area contributed by atoms with Crippen molar-refractivity contribution in [2.24, 2.45) is 0 Å². The second-order valence-electron chi connectivity index (χ2n) is 5.93. The summed E-state index contributed by atoms with van der Waals surface area (Å²) < 4.78 is 11.6. The molecular formula is C19H19Cl2N3O2. The minimum atomic E-state index is -0.542. The highest BCUT2D eigenvalue weighted by molar-refractivity contribution is 6.42. The molecule has 0 aliphatic heterocycles. The number of hydrogen-bond donors (Lipinski definition) is 1. The molecule has 1 aromatic heterocycles. The van der Waals surface area contributed by atoms with Crippen LogP contribution in [0.25, 0.3) is 0 Å². The Morgan fingerprint density at radius 3 is 2.58 bits per heavy atom. The van der Waals surface area contributed by atoms with E-state index in [2.05, 4.69) is 22.4 Å². The lowest BCUT2D eigenvalue weighted by molar-refractivity contribution is 0.193. The number of benzene rings is 2. The van der Waals surface area contributed by atoms with Crippen LogP contribution >= 0.6 is 23.2 Å². The first-order valence-corrected chi connectivity index (χ1v) is 8.99. The fourth-order valence-electron chi connectivity index (χ4n) is 2.41. The van der Waals surface area contributed by atoms with Gasteiger partial charge in [-0.2, -0.15) is 4.98 Å². The third-order valence-electron chi connectivity index (χ3n) is 3.94. The van der Waals surface area contributed by atoms with Crippen molar-refractivity contribution in [3.63, 3.8) is 0 Å². The van der Waals surface area contributed by atoms with E-state index in [1.165, 1.54) is 0 Å². The van der Waals surface area contributed by atoms with E-state index in [1.54, 1.807) is 18.2 Å². The molecule has 2 unspecified atom stereocenters. The second-order valence-corrected chi connectivity index (χ2v) is 6.74. The Bertz CT molecular complexity index is 855. The van der Waals surface area contributed by atoms with Gasteiger partial charge in [0.2, 0.25) is 6.10 Å². The van der Waals surface area contributed by atoms with Crippen LogP contribution in [0.1, 0.15) is 30.3 Å². The van der Waals surface area contributed by atoms with E-state index < -0.39 is 6.10 Å². The summed E-state index contributed by atoms with van der Waals surface area (Å²) in [5.74, 6) is 1.58. The van der Waals surface area contributed by atoms with Crippen LogP contribution in [-0.2, 0) is 6.42 Å². The van der Waals surface area contributed by atoms with E-state index in [0.717, 1.165) is 5.56 Å². The summed E-state index contributed by atoms with van der Waals surface area (Å²) in [5, 5.41) is 8.12. The zero-order chi connectivity index (χ0) is 18.5. The Balaban J connectivity index is 1.90. The largest absolute Gasteiger partial charge is 0.476 e. The third-order valence-corrected chi connectivity index (χ3v) is 4.68. The van der Waals surface area contributed by atoms with Gasteiger partial charge in [-0.15, -0.1) is 0 Å². The lowest BCUT2D eigenvalue weighted by atomic mass is 10.1. The molecule has 2 aromatic carbocycles. The SMILES string of the molecule is CNC(C)Cc1noc(C(Oc2ccc(Cl)c(Cl)c2)c2ccccc2)n1. The highest BCUT2D eigenvalue weighted by atomic mass is 35.5. The standard InChI is InChI=1S/C19H19Cl2N3O2/c1-12(22-2)10-17-23-19(26-24-17)18(13-6-4-3-5-7-13)25-14-8-9-15(20)16(21)11-14/h3-9,11-12,18,22H,10H2,1-2H3. The predicted molar refractivity (Wildman–Crippen MR) is 102 cm³/mol. The molecular weight excluding hydrogens is 373 g/mol. The molecule has 26 heavy (non-hydrogen) atoms. The maximum atomic E-state index is 6.11. The molecule has 0 spiro atoms. The Morgan fingerprint density at radius 1 is 1.12 bits per heavy atom. The lowest BCUT2D eigenvalue weighted by Crippen LogP contribution is -2.24. The molecule has 3 aromatic rings. The van der Waals surface area contributed by atoms with Gasteiger partial charge in [-0.25, -0.2) is 0 Å². The number of nitrogens with zero attached hydrogens (tertiary/aromatic N) is 2. The fourth-order valence-corrected chi connectivity index (χ4v) is 2.70. The first kappa shape index (κ1) is 18.7. The quantitative estimate of drug-likeness (QED) is 0.632. The molecule has 0 bridgehead atoms. The summed E-state index contributed by atoms with van der Waals surface area (Å²) in [6.07, 6.45) is 0.119. The van der Waals surface area contributed by atoms with Crippen LogP contribution in [0.4, 0.5) is 0 Å². The van der Waals surface area contributed by atoms with Crippen molar-refractivity contribution in [3.05, 3.63) is 75.9 Å². The monoisotopic (exact) mass is 391 g/mol. The van der Waals surface area contributed by atoms with Gasteiger partial charge in [-0.05, 0) is 26.1 Å². The molecule has 2 atom stereocenters. The first-order valence-electron chi connectivity index (χ1n) is 8.23. The molecule has 0 amide bonds. The number of halogens is 2. The van der Waals surface area contributed by atoms with E-state index in [1.807, 2.05) is 37.4 Å². The molecule has 1 heterocycles. The zero-order valence-electron chi connectivity index (χ0n) is 14.4. The van der Waals surface area contributed by atoms with Crippen LogP contribution in [0, 0.1) is 0 Å². The molecule has 0 aliphatic carbocycles. The second kappa shape index (κ2) is 8.54. The molecule has 136 valence electrons. The van der Waals surface area contributed by atoms with Crippen molar-refractivity contribution in [3.8, 4) is 5.75 Å². The summed E-state index contributed by atoms with van der Waals surface area (Å²) in [6, 6.07) is 15.0. The van der Waals surface area contributed by atoms with Gasteiger partial charge in [0.25, 0.3) is 5.89 Å². The van der Waals surface area contributed by atoms with E-state index in [4.69, 9.17) is 32.5 Å². The molecule has 1 N–H and O–H groups in total. The van der Waals surface area contributed by atoms with Crippen molar-refractivity contribution in [2.45, 2.75) is 25.5 Å². The Kier molecular flexibility index (Phi) is 6.14. The topological polar surface area (TPSA) is 60.2 Å². The van der Waals surface area contributed by atoms with Gasteiger partial charge in [0, 0.05) is 24.1 Å². The third kappa shape index (κ3) is 4.55. The van der Waals surface area contributed by atoms with Crippen LogP contribution < -0.4 is 10.1 Å². The van der Waals surface area contributed by atoms with Gasteiger partial charge in [0.1, 0.15) is 5.75 Å². The summed E-state index contributed by atoms with van der Waals surface area (Å²) >= 11 is 12.1. The van der Waals surface area contributed by atoms with Crippen molar-refractivity contribution in [1.82, 2.24) is 15.5 Å². The lowest BCUT2D eigenvalue weighted by Gasteiger charge is -2.16. The highest BCUT2D eigenvalue weighted by Gasteiger charge is 2.24. The van der Waals surface area contributed by atoms with Crippen LogP contribution in [0.5, 0.6) is 5.75 Å². The maximum Gasteiger partial charge on any atom is 0.272 e. The van der Waals surface area contributed by atoms with Crippen molar-refractivity contribution < 1.29 is 9.26 Å². The first-order chi connectivity index (χ1) is 12.6. The molecule has 3 rings (SSSR count). The minimum Gasteiger partial charge on any atom is -0.476 e. The average molecular weight is 392 g/mol. The number of hydrogen-bond acceptors (Lipinski definition) is 5. The molecule has 0 radical (unpaired) electrons. The number of ether oxygens (including phenoxy) is 1. The van der Waals surface area contributed by atoms with Crippen molar-refractivity contribution >= 4 is 23.2 Å². The predicted octanol–water partition coefficient (Wildman–Crippen LogP) is 4.70. The van der Waals surface area contributed by atoms with E-state index in [-0.39, 0.29) is 6.04 Å². The van der Waals surface area contributed by atoms with Gasteiger partial charge >= 0.3 is 0 Å². The van der Waals surface area contributed by atoms with Gasteiger partial charge in [-0.1, -0.05) is 58.7 Å². The van der Waals surface area contributed by atoms with Crippen LogP contribution in [0.15, 0.2) is 53.1 Å². The fraction of sp³-hybridized carbons (Fsp3) is 0.263. The Morgan fingerprint density at radius 2 is 1.88 bits per heavy atom. The molecule has 0 fully saturated rings. The average Bonchev–Trinajstić information content (AvgIpc) is 3.11. The smallest absolute Gasteiger partial charge is 0.272 e. The Labute approximate surface area is 162 Å². The summed E-state index contributed by atoms with van der Waals surface area (Å²) in [4.78, 5) is 4.51. The van der Waals surface area contributed by atoms with Crippen molar-refractivity contribution in [2.75, 3.05) is 7.05 Å². The number of nitrogens with one attached hydrogen (secondary N) is 1. The van der Waals surface area contributed by atoms with E-state index in [0.29, 0.717) is 33.9 Å². The molecule has 7 heteroatoms. The summed E-state index contributed by atoms with van der Waals surface area (Å²) in [7, 11) is 1.89. The van der Waals surface area contributed by atoms with Gasteiger partial charge in [0.05, 0.1) is 10.0 Å².